The number of likely N-dealkylation sites (tertiary alicyclic amines) is 1. The molecule has 3 nitrogen and oxygen atoms in total. The van der Waals surface area contributed by atoms with E-state index in [4.69, 9.17) is 4.74 Å². The van der Waals surface area contributed by atoms with Crippen LogP contribution in [0.1, 0.15) is 37.7 Å². The molecule has 0 unspecified atom stereocenters. The highest BCUT2D eigenvalue weighted by molar-refractivity contribution is 5.89. The van der Waals surface area contributed by atoms with Crippen LogP contribution in [0.25, 0.3) is 0 Å². The van der Waals surface area contributed by atoms with Gasteiger partial charge in [-0.2, -0.15) is 0 Å². The van der Waals surface area contributed by atoms with Gasteiger partial charge in [-0.1, -0.05) is 18.6 Å². The number of carbonyl (C=O) groups is 1. The first-order valence-electron chi connectivity index (χ1n) is 7.74. The summed E-state index contributed by atoms with van der Waals surface area (Å²) < 4.78 is 18.9. The molecule has 2 fully saturated rings. The highest BCUT2D eigenvalue weighted by Gasteiger charge is 2.48. The number of nitrogens with zero attached hydrogens (tertiary/aromatic N) is 1. The number of rotatable bonds is 3. The predicted molar refractivity (Wildman–Crippen MR) is 78.5 cm³/mol. The third-order valence-electron chi connectivity index (χ3n) is 5.06. The Labute approximate surface area is 125 Å². The highest BCUT2D eigenvalue weighted by atomic mass is 19.1. The molecule has 114 valence electrons. The van der Waals surface area contributed by atoms with E-state index in [0.29, 0.717) is 0 Å². The summed E-state index contributed by atoms with van der Waals surface area (Å²) in [7, 11) is 1.72. The number of amides is 1. The van der Waals surface area contributed by atoms with E-state index in [9.17, 15) is 9.18 Å². The van der Waals surface area contributed by atoms with Crippen LogP contribution in [0.4, 0.5) is 4.39 Å². The zero-order valence-electron chi connectivity index (χ0n) is 12.5. The maximum absolute atomic E-state index is 13.5. The van der Waals surface area contributed by atoms with Crippen molar-refractivity contribution in [3.8, 4) is 0 Å². The second-order valence-electron chi connectivity index (χ2n) is 6.17. The average Bonchev–Trinajstić information content (AvgIpc) is 2.46. The van der Waals surface area contributed by atoms with Gasteiger partial charge in [0.2, 0.25) is 5.91 Å². The zero-order chi connectivity index (χ0) is 14.9. The molecule has 1 aromatic carbocycles. The minimum Gasteiger partial charge on any atom is -0.381 e. The van der Waals surface area contributed by atoms with Gasteiger partial charge < -0.3 is 9.64 Å². The Hall–Kier alpha value is -1.42. The summed E-state index contributed by atoms with van der Waals surface area (Å²) in [6.45, 7) is 1.49. The van der Waals surface area contributed by atoms with Crippen LogP contribution in [-0.4, -0.2) is 37.1 Å². The molecule has 1 aliphatic heterocycles. The van der Waals surface area contributed by atoms with Crippen LogP contribution in [0.2, 0.25) is 0 Å². The molecule has 1 heterocycles. The molecule has 0 N–H and O–H groups in total. The second kappa shape index (κ2) is 5.76. The molecule has 2 aliphatic rings. The van der Waals surface area contributed by atoms with Crippen LogP contribution in [0, 0.1) is 5.82 Å². The number of methoxy groups -OCH3 is 1. The van der Waals surface area contributed by atoms with Crippen LogP contribution in [0.5, 0.6) is 0 Å². The lowest BCUT2D eigenvalue weighted by molar-refractivity contribution is -0.143. The SMILES string of the molecule is COC1CCN(C(=O)C2(c3cccc(F)c3)CCC2)CC1. The Morgan fingerprint density at radius 1 is 1.33 bits per heavy atom. The van der Waals surface area contributed by atoms with Crippen LogP contribution in [0.15, 0.2) is 24.3 Å². The standard InChI is InChI=1S/C17H22FNO2/c1-21-15-6-10-19(11-7-15)16(20)17(8-3-9-17)13-4-2-5-14(18)12-13/h2,4-5,12,15H,3,6-11H2,1H3. The van der Waals surface area contributed by atoms with Crippen molar-refractivity contribution >= 4 is 5.91 Å². The Balaban J connectivity index is 1.78. The fraction of sp³-hybridized carbons (Fsp3) is 0.588. The van der Waals surface area contributed by atoms with Crippen molar-refractivity contribution in [1.29, 1.82) is 0 Å². The van der Waals surface area contributed by atoms with Gasteiger partial charge in [0.15, 0.2) is 0 Å². The molecular weight excluding hydrogens is 269 g/mol. The fourth-order valence-electron chi connectivity index (χ4n) is 3.54. The van der Waals surface area contributed by atoms with Crippen molar-refractivity contribution in [1.82, 2.24) is 4.90 Å². The van der Waals surface area contributed by atoms with E-state index in [0.717, 1.165) is 50.8 Å². The van der Waals surface area contributed by atoms with Crippen molar-refractivity contribution in [2.45, 2.75) is 43.6 Å². The van der Waals surface area contributed by atoms with Crippen LogP contribution in [0.3, 0.4) is 0 Å². The number of benzene rings is 1. The largest absolute Gasteiger partial charge is 0.381 e. The summed E-state index contributed by atoms with van der Waals surface area (Å²) in [5.41, 5.74) is 0.356. The Morgan fingerprint density at radius 3 is 2.57 bits per heavy atom. The first-order valence-corrected chi connectivity index (χ1v) is 7.74. The molecule has 1 aliphatic carbocycles. The maximum Gasteiger partial charge on any atom is 0.233 e. The molecule has 21 heavy (non-hydrogen) atoms. The number of piperidine rings is 1. The predicted octanol–water partition coefficient (Wildman–Crippen LogP) is 2.88. The summed E-state index contributed by atoms with van der Waals surface area (Å²) in [5.74, 6) is -0.0847. The van der Waals surface area contributed by atoms with E-state index < -0.39 is 5.41 Å². The third-order valence-corrected chi connectivity index (χ3v) is 5.06. The van der Waals surface area contributed by atoms with Gasteiger partial charge in [0, 0.05) is 20.2 Å². The van der Waals surface area contributed by atoms with E-state index in [2.05, 4.69) is 0 Å². The summed E-state index contributed by atoms with van der Waals surface area (Å²) in [4.78, 5) is 14.9. The van der Waals surface area contributed by atoms with Gasteiger partial charge >= 0.3 is 0 Å². The zero-order valence-corrected chi connectivity index (χ0v) is 12.5. The number of hydrogen-bond donors (Lipinski definition) is 0. The van der Waals surface area contributed by atoms with E-state index in [-0.39, 0.29) is 17.8 Å². The van der Waals surface area contributed by atoms with Crippen molar-refractivity contribution in [2.24, 2.45) is 0 Å². The van der Waals surface area contributed by atoms with Gasteiger partial charge in [-0.05, 0) is 43.4 Å². The summed E-state index contributed by atoms with van der Waals surface area (Å²) in [5, 5.41) is 0. The summed E-state index contributed by atoms with van der Waals surface area (Å²) >= 11 is 0. The molecule has 0 atom stereocenters. The molecule has 0 bridgehead atoms. The molecule has 1 aromatic rings. The quantitative estimate of drug-likeness (QED) is 0.857. The van der Waals surface area contributed by atoms with Crippen LogP contribution >= 0.6 is 0 Å². The van der Waals surface area contributed by atoms with E-state index in [1.807, 2.05) is 11.0 Å². The molecule has 4 heteroatoms. The molecular formula is C17H22FNO2. The lowest BCUT2D eigenvalue weighted by Gasteiger charge is -2.45. The lowest BCUT2D eigenvalue weighted by Crippen LogP contribution is -2.53. The first-order chi connectivity index (χ1) is 10.2. The van der Waals surface area contributed by atoms with Gasteiger partial charge in [-0.15, -0.1) is 0 Å². The van der Waals surface area contributed by atoms with Crippen molar-refractivity contribution in [2.75, 3.05) is 20.2 Å². The Kier molecular flexibility index (Phi) is 3.98. The number of halogens is 1. The average molecular weight is 291 g/mol. The highest BCUT2D eigenvalue weighted by Crippen LogP contribution is 2.45. The van der Waals surface area contributed by atoms with E-state index in [1.54, 1.807) is 13.2 Å². The topological polar surface area (TPSA) is 29.5 Å². The molecule has 0 aromatic heterocycles. The smallest absolute Gasteiger partial charge is 0.233 e. The van der Waals surface area contributed by atoms with Gasteiger partial charge in [0.25, 0.3) is 0 Å². The number of carbonyl (C=O) groups excluding carboxylic acids is 1. The minimum atomic E-state index is -0.484. The Bertz CT molecular complexity index is 519. The molecule has 0 spiro atoms. The minimum absolute atomic E-state index is 0.175. The van der Waals surface area contributed by atoms with Crippen LogP contribution in [-0.2, 0) is 14.9 Å². The second-order valence-corrected chi connectivity index (χ2v) is 6.17. The summed E-state index contributed by atoms with van der Waals surface area (Å²) in [6, 6.07) is 6.56. The number of hydrogen-bond acceptors (Lipinski definition) is 2. The summed E-state index contributed by atoms with van der Waals surface area (Å²) in [6.07, 6.45) is 4.75. The van der Waals surface area contributed by atoms with E-state index >= 15 is 0 Å². The van der Waals surface area contributed by atoms with Gasteiger partial charge in [-0.25, -0.2) is 4.39 Å². The third kappa shape index (κ3) is 2.57. The molecule has 1 amide bonds. The van der Waals surface area contributed by atoms with Crippen molar-refractivity contribution in [3.05, 3.63) is 35.6 Å². The molecule has 1 saturated carbocycles. The number of ether oxygens (including phenoxy) is 1. The molecule has 3 rings (SSSR count). The molecule has 0 radical (unpaired) electrons. The monoisotopic (exact) mass is 291 g/mol. The van der Waals surface area contributed by atoms with E-state index in [1.165, 1.54) is 12.1 Å². The normalized spacial score (nSPS) is 21.9. The molecule has 1 saturated heterocycles. The van der Waals surface area contributed by atoms with Gasteiger partial charge in [0.05, 0.1) is 11.5 Å². The van der Waals surface area contributed by atoms with Gasteiger partial charge in [0.1, 0.15) is 5.82 Å². The Morgan fingerprint density at radius 2 is 2.05 bits per heavy atom. The fourth-order valence-corrected chi connectivity index (χ4v) is 3.54. The maximum atomic E-state index is 13.5. The van der Waals surface area contributed by atoms with Crippen molar-refractivity contribution in [3.63, 3.8) is 0 Å². The van der Waals surface area contributed by atoms with Crippen LogP contribution < -0.4 is 0 Å². The van der Waals surface area contributed by atoms with Crippen molar-refractivity contribution < 1.29 is 13.9 Å². The lowest BCUT2D eigenvalue weighted by atomic mass is 9.63. The first kappa shape index (κ1) is 14.5. The van der Waals surface area contributed by atoms with Gasteiger partial charge in [-0.3, -0.25) is 4.79 Å².